The van der Waals surface area contributed by atoms with E-state index in [9.17, 15) is 9.90 Å². The maximum absolute atomic E-state index is 12.1. The summed E-state index contributed by atoms with van der Waals surface area (Å²) in [7, 11) is 1.86. The molecule has 3 rings (SSSR count). The second-order valence-corrected chi connectivity index (χ2v) is 6.29. The molecular weight excluding hydrogens is 320 g/mol. The minimum Gasteiger partial charge on any atom is -0.508 e. The summed E-state index contributed by atoms with van der Waals surface area (Å²) in [6.07, 6.45) is 1.54. The molecule has 2 aromatic rings. The summed E-state index contributed by atoms with van der Waals surface area (Å²) >= 11 is 7.30. The highest BCUT2D eigenvalue weighted by molar-refractivity contribution is 8.03. The van der Waals surface area contributed by atoms with Crippen LogP contribution >= 0.6 is 23.4 Å². The van der Waals surface area contributed by atoms with Gasteiger partial charge in [-0.25, -0.2) is 0 Å². The Morgan fingerprint density at radius 3 is 2.73 bits per heavy atom. The van der Waals surface area contributed by atoms with Crippen LogP contribution in [0.5, 0.6) is 5.75 Å². The lowest BCUT2D eigenvalue weighted by molar-refractivity contribution is -0.111. The first-order chi connectivity index (χ1) is 10.5. The number of carbonyl (C=O) groups is 1. The van der Waals surface area contributed by atoms with Crippen LogP contribution in [0.25, 0.3) is 0 Å². The summed E-state index contributed by atoms with van der Waals surface area (Å²) in [6, 6.07) is 12.1. The van der Waals surface area contributed by atoms with Crippen molar-refractivity contribution < 1.29 is 9.90 Å². The third kappa shape index (κ3) is 3.05. The molecule has 0 aliphatic carbocycles. The molecule has 0 aromatic heterocycles. The molecule has 0 saturated carbocycles. The summed E-state index contributed by atoms with van der Waals surface area (Å²) in [6.45, 7) is 0. The van der Waals surface area contributed by atoms with Crippen molar-refractivity contribution in [1.82, 2.24) is 0 Å². The van der Waals surface area contributed by atoms with E-state index in [1.165, 1.54) is 17.8 Å². The number of halogens is 1. The summed E-state index contributed by atoms with van der Waals surface area (Å²) in [5.41, 5.74) is 1.57. The Hall–Kier alpha value is -2.11. The minimum atomic E-state index is -0.214. The Bertz CT molecular complexity index is 759. The average molecular weight is 333 g/mol. The van der Waals surface area contributed by atoms with Gasteiger partial charge in [0, 0.05) is 34.8 Å². The van der Waals surface area contributed by atoms with Crippen LogP contribution in [0, 0.1) is 0 Å². The summed E-state index contributed by atoms with van der Waals surface area (Å²) in [4.78, 5) is 15.0. The monoisotopic (exact) mass is 332 g/mol. The molecule has 0 fully saturated rings. The Kier molecular flexibility index (Phi) is 4.00. The third-order valence-corrected chi connectivity index (χ3v) is 4.63. The molecule has 2 aromatic carbocycles. The second kappa shape index (κ2) is 5.94. The fraction of sp³-hybridized carbons (Fsp3) is 0.0625. The van der Waals surface area contributed by atoms with E-state index in [1.54, 1.807) is 36.4 Å². The Labute approximate surface area is 137 Å². The van der Waals surface area contributed by atoms with E-state index < -0.39 is 0 Å². The Balaban J connectivity index is 1.76. The van der Waals surface area contributed by atoms with Gasteiger partial charge in [-0.3, -0.25) is 4.79 Å². The van der Waals surface area contributed by atoms with Gasteiger partial charge in [0.25, 0.3) is 5.91 Å². The maximum Gasteiger partial charge on any atom is 0.251 e. The highest BCUT2D eigenvalue weighted by Gasteiger charge is 2.23. The number of hydrogen-bond donors (Lipinski definition) is 2. The van der Waals surface area contributed by atoms with E-state index in [2.05, 4.69) is 5.32 Å². The van der Waals surface area contributed by atoms with Crippen molar-refractivity contribution in [2.75, 3.05) is 17.3 Å². The third-order valence-electron chi connectivity index (χ3n) is 3.22. The normalized spacial score (nSPS) is 15.0. The van der Waals surface area contributed by atoms with Crippen LogP contribution in [0.2, 0.25) is 5.02 Å². The van der Waals surface area contributed by atoms with Gasteiger partial charge in [-0.15, -0.1) is 0 Å². The quantitative estimate of drug-likeness (QED) is 0.814. The van der Waals surface area contributed by atoms with Crippen LogP contribution in [-0.4, -0.2) is 18.1 Å². The van der Waals surface area contributed by atoms with Crippen molar-refractivity contribution in [3.8, 4) is 5.75 Å². The van der Waals surface area contributed by atoms with Crippen LogP contribution in [0.15, 0.2) is 58.5 Å². The summed E-state index contributed by atoms with van der Waals surface area (Å²) < 4.78 is 0. The van der Waals surface area contributed by atoms with E-state index in [0.29, 0.717) is 10.7 Å². The zero-order valence-corrected chi connectivity index (χ0v) is 13.3. The fourth-order valence-electron chi connectivity index (χ4n) is 2.10. The standard InChI is InChI=1S/C16H13ClN2O2S/c1-19-13-8-12(20)6-7-14(13)22-16(19)9-15(21)18-11-4-2-10(17)3-5-11/h2-9,20H,1H3,(H,18,21)/b16-9-. The number of amides is 1. The van der Waals surface area contributed by atoms with Crippen LogP contribution in [-0.2, 0) is 4.79 Å². The van der Waals surface area contributed by atoms with Gasteiger partial charge in [0.15, 0.2) is 0 Å². The van der Waals surface area contributed by atoms with Crippen molar-refractivity contribution in [2.45, 2.75) is 4.90 Å². The Morgan fingerprint density at radius 2 is 2.00 bits per heavy atom. The zero-order chi connectivity index (χ0) is 15.7. The lowest BCUT2D eigenvalue weighted by Gasteiger charge is -2.13. The van der Waals surface area contributed by atoms with Gasteiger partial charge in [0.05, 0.1) is 10.7 Å². The molecule has 1 aliphatic rings. The molecule has 0 unspecified atom stereocenters. The van der Waals surface area contributed by atoms with Crippen molar-refractivity contribution in [1.29, 1.82) is 0 Å². The first-order valence-electron chi connectivity index (χ1n) is 6.56. The number of aromatic hydroxyl groups is 1. The first-order valence-corrected chi connectivity index (χ1v) is 7.75. The van der Waals surface area contributed by atoms with Crippen molar-refractivity contribution in [3.63, 3.8) is 0 Å². The molecule has 112 valence electrons. The predicted octanol–water partition coefficient (Wildman–Crippen LogP) is 4.07. The van der Waals surface area contributed by atoms with E-state index >= 15 is 0 Å². The highest BCUT2D eigenvalue weighted by Crippen LogP contribution is 2.46. The summed E-state index contributed by atoms with van der Waals surface area (Å²) in [5, 5.41) is 13.8. The number of anilines is 2. The topological polar surface area (TPSA) is 52.6 Å². The van der Waals surface area contributed by atoms with Crippen molar-refractivity contribution in [3.05, 3.63) is 58.6 Å². The van der Waals surface area contributed by atoms with Gasteiger partial charge >= 0.3 is 0 Å². The van der Waals surface area contributed by atoms with Gasteiger partial charge < -0.3 is 15.3 Å². The number of carbonyl (C=O) groups excluding carboxylic acids is 1. The molecule has 0 radical (unpaired) electrons. The molecule has 0 spiro atoms. The van der Waals surface area contributed by atoms with Crippen molar-refractivity contribution in [2.24, 2.45) is 0 Å². The number of nitrogens with one attached hydrogen (secondary N) is 1. The van der Waals surface area contributed by atoms with Crippen LogP contribution in [0.3, 0.4) is 0 Å². The lowest BCUT2D eigenvalue weighted by Crippen LogP contribution is -2.14. The largest absolute Gasteiger partial charge is 0.508 e. The van der Waals surface area contributed by atoms with E-state index in [1.807, 2.05) is 18.0 Å². The second-order valence-electron chi connectivity index (χ2n) is 4.79. The molecule has 0 saturated heterocycles. The number of fused-ring (bicyclic) bond motifs is 1. The molecular formula is C16H13ClN2O2S. The van der Waals surface area contributed by atoms with Crippen LogP contribution in [0.1, 0.15) is 0 Å². The molecule has 1 heterocycles. The lowest BCUT2D eigenvalue weighted by atomic mass is 10.3. The number of phenolic OH excluding ortho intramolecular Hbond substituents is 1. The smallest absolute Gasteiger partial charge is 0.251 e. The molecule has 2 N–H and O–H groups in total. The van der Waals surface area contributed by atoms with Gasteiger partial charge in [-0.1, -0.05) is 23.4 Å². The SMILES string of the molecule is CN1/C(=C/C(=O)Nc2ccc(Cl)cc2)Sc2ccc(O)cc21. The molecule has 0 atom stereocenters. The molecule has 1 aliphatic heterocycles. The summed E-state index contributed by atoms with van der Waals surface area (Å²) in [5.74, 6) is -0.00762. The molecule has 22 heavy (non-hydrogen) atoms. The molecule has 0 bridgehead atoms. The molecule has 4 nitrogen and oxygen atoms in total. The van der Waals surface area contributed by atoms with Gasteiger partial charge in [0.1, 0.15) is 5.75 Å². The number of thioether (sulfide) groups is 1. The Morgan fingerprint density at radius 1 is 1.27 bits per heavy atom. The van der Waals surface area contributed by atoms with Gasteiger partial charge in [-0.05, 0) is 36.4 Å². The zero-order valence-electron chi connectivity index (χ0n) is 11.7. The van der Waals surface area contributed by atoms with Crippen LogP contribution < -0.4 is 10.2 Å². The average Bonchev–Trinajstić information content (AvgIpc) is 2.78. The molecule has 6 heteroatoms. The van der Waals surface area contributed by atoms with Crippen LogP contribution in [0.4, 0.5) is 11.4 Å². The number of benzene rings is 2. The predicted molar refractivity (Wildman–Crippen MR) is 90.5 cm³/mol. The number of rotatable bonds is 2. The van der Waals surface area contributed by atoms with Crippen molar-refractivity contribution >= 4 is 40.6 Å². The highest BCUT2D eigenvalue weighted by atomic mass is 35.5. The number of phenols is 1. The van der Waals surface area contributed by atoms with E-state index in [-0.39, 0.29) is 11.7 Å². The number of nitrogens with zero attached hydrogens (tertiary/aromatic N) is 1. The fourth-order valence-corrected chi connectivity index (χ4v) is 3.29. The van der Waals surface area contributed by atoms with Gasteiger partial charge in [-0.2, -0.15) is 0 Å². The van der Waals surface area contributed by atoms with Gasteiger partial charge in [0.2, 0.25) is 0 Å². The first kappa shape index (κ1) is 14.8. The maximum atomic E-state index is 12.1. The van der Waals surface area contributed by atoms with E-state index in [0.717, 1.165) is 15.6 Å². The molecule has 1 amide bonds. The minimum absolute atomic E-state index is 0.207. The van der Waals surface area contributed by atoms with E-state index in [4.69, 9.17) is 11.6 Å². The number of hydrogen-bond acceptors (Lipinski definition) is 4.